The minimum atomic E-state index is -1.03. The van der Waals surface area contributed by atoms with Gasteiger partial charge in [-0.2, -0.15) is 0 Å². The fourth-order valence-electron chi connectivity index (χ4n) is 3.23. The summed E-state index contributed by atoms with van der Waals surface area (Å²) >= 11 is 0. The molecule has 138 valence electrons. The molecule has 1 amide bonds. The smallest absolute Gasteiger partial charge is 0.328 e. The molecule has 1 aromatic carbocycles. The molecule has 1 aromatic heterocycles. The molecule has 0 bridgehead atoms. The first-order chi connectivity index (χ1) is 12.4. The molecule has 0 saturated carbocycles. The van der Waals surface area contributed by atoms with Crippen molar-refractivity contribution in [3.63, 3.8) is 0 Å². The summed E-state index contributed by atoms with van der Waals surface area (Å²) in [6.07, 6.45) is 1.03. The summed E-state index contributed by atoms with van der Waals surface area (Å²) in [6.45, 7) is 5.10. The van der Waals surface area contributed by atoms with E-state index in [1.54, 1.807) is 23.6 Å². The number of carbonyl (C=O) groups excluding carboxylic acids is 1. The highest BCUT2D eigenvalue weighted by atomic mass is 16.4. The van der Waals surface area contributed by atoms with Crippen LogP contribution in [0.4, 0.5) is 5.69 Å². The summed E-state index contributed by atoms with van der Waals surface area (Å²) in [5.41, 5.74) is 1.49. The minimum absolute atomic E-state index is 0.133. The first-order valence-electron chi connectivity index (χ1n) is 8.66. The Hall–Kier alpha value is -2.90. The highest BCUT2D eigenvalue weighted by Crippen LogP contribution is 2.22. The monoisotopic (exact) mass is 357 g/mol. The molecular formula is C18H23N5O3. The van der Waals surface area contributed by atoms with E-state index in [-0.39, 0.29) is 19.0 Å². The number of anilines is 1. The van der Waals surface area contributed by atoms with Gasteiger partial charge in [0.25, 0.3) is 5.91 Å². The van der Waals surface area contributed by atoms with Gasteiger partial charge < -0.3 is 19.5 Å². The van der Waals surface area contributed by atoms with Crippen molar-refractivity contribution in [1.82, 2.24) is 19.7 Å². The zero-order valence-electron chi connectivity index (χ0n) is 15.2. The van der Waals surface area contributed by atoms with Gasteiger partial charge in [0.05, 0.1) is 13.1 Å². The first-order valence-corrected chi connectivity index (χ1v) is 8.66. The lowest BCUT2D eigenvalue weighted by Gasteiger charge is -2.33. The lowest BCUT2D eigenvalue weighted by Crippen LogP contribution is -2.50. The number of nitrogens with zero attached hydrogens (tertiary/aromatic N) is 5. The van der Waals surface area contributed by atoms with Crippen molar-refractivity contribution in [3.05, 3.63) is 41.5 Å². The van der Waals surface area contributed by atoms with Gasteiger partial charge in [0.15, 0.2) is 5.82 Å². The van der Waals surface area contributed by atoms with Crippen LogP contribution in [0.2, 0.25) is 0 Å². The van der Waals surface area contributed by atoms with Gasteiger partial charge in [-0.1, -0.05) is 6.92 Å². The van der Waals surface area contributed by atoms with Crippen LogP contribution < -0.4 is 4.90 Å². The van der Waals surface area contributed by atoms with Crippen LogP contribution in [0.15, 0.2) is 24.3 Å². The number of aliphatic carboxylic acids is 1. The lowest BCUT2D eigenvalue weighted by molar-refractivity contribution is -0.143. The first kappa shape index (κ1) is 17.9. The summed E-state index contributed by atoms with van der Waals surface area (Å²) < 4.78 is 1.76. The molecule has 1 N–H and O–H groups in total. The van der Waals surface area contributed by atoms with Gasteiger partial charge in [0, 0.05) is 24.8 Å². The van der Waals surface area contributed by atoms with Crippen molar-refractivity contribution >= 4 is 17.6 Å². The van der Waals surface area contributed by atoms with Crippen LogP contribution in [-0.4, -0.2) is 56.3 Å². The second-order valence-corrected chi connectivity index (χ2v) is 6.53. The van der Waals surface area contributed by atoms with E-state index >= 15 is 0 Å². The Labute approximate surface area is 152 Å². The van der Waals surface area contributed by atoms with Gasteiger partial charge in [-0.25, -0.2) is 4.79 Å². The average Bonchev–Trinajstić information content (AvgIpc) is 3.00. The number of rotatable bonds is 5. The lowest BCUT2D eigenvalue weighted by atomic mass is 10.1. The van der Waals surface area contributed by atoms with Crippen LogP contribution in [0.5, 0.6) is 0 Å². The second-order valence-electron chi connectivity index (χ2n) is 6.53. The molecule has 1 aliphatic heterocycles. The Kier molecular flexibility index (Phi) is 4.92. The number of amides is 1. The zero-order chi connectivity index (χ0) is 18.8. The predicted octanol–water partition coefficient (Wildman–Crippen LogP) is 1.54. The number of carboxylic acid groups (broad SMARTS) is 1. The number of aryl methyl sites for hydroxylation is 1. The van der Waals surface area contributed by atoms with Gasteiger partial charge in [-0.15, -0.1) is 10.2 Å². The van der Waals surface area contributed by atoms with E-state index < -0.39 is 12.0 Å². The third kappa shape index (κ3) is 3.26. The van der Waals surface area contributed by atoms with Crippen LogP contribution >= 0.6 is 0 Å². The highest BCUT2D eigenvalue weighted by Gasteiger charge is 2.36. The normalized spacial score (nSPS) is 16.3. The molecule has 0 spiro atoms. The van der Waals surface area contributed by atoms with Crippen LogP contribution in [0, 0.1) is 6.92 Å². The SMILES string of the molecule is CCCN(C)c1ccc(C(=O)N2Cc3nnc(C)n3CC2C(=O)O)cc1. The topological polar surface area (TPSA) is 91.6 Å². The Morgan fingerprint density at radius 2 is 1.96 bits per heavy atom. The van der Waals surface area contributed by atoms with Crippen molar-refractivity contribution in [3.8, 4) is 0 Å². The maximum absolute atomic E-state index is 12.9. The third-order valence-corrected chi connectivity index (χ3v) is 4.72. The van der Waals surface area contributed by atoms with E-state index in [0.717, 1.165) is 18.7 Å². The van der Waals surface area contributed by atoms with Crippen LogP contribution in [0.3, 0.4) is 0 Å². The van der Waals surface area contributed by atoms with Crippen LogP contribution in [0.1, 0.15) is 35.4 Å². The van der Waals surface area contributed by atoms with Gasteiger partial charge in [-0.05, 0) is 37.6 Å². The molecule has 1 unspecified atom stereocenters. The Morgan fingerprint density at radius 3 is 2.58 bits per heavy atom. The minimum Gasteiger partial charge on any atom is -0.480 e. The number of carboxylic acids is 1. The summed E-state index contributed by atoms with van der Waals surface area (Å²) in [6, 6.07) is 6.32. The van der Waals surface area contributed by atoms with Crippen molar-refractivity contribution < 1.29 is 14.7 Å². The van der Waals surface area contributed by atoms with E-state index in [1.165, 1.54) is 4.90 Å². The van der Waals surface area contributed by atoms with Gasteiger partial charge in [-0.3, -0.25) is 4.79 Å². The molecule has 2 heterocycles. The summed E-state index contributed by atoms with van der Waals surface area (Å²) in [5.74, 6) is -0.0836. The molecule has 1 atom stereocenters. The van der Waals surface area contributed by atoms with E-state index in [1.807, 2.05) is 19.2 Å². The maximum Gasteiger partial charge on any atom is 0.328 e. The molecule has 0 radical (unpaired) electrons. The van der Waals surface area contributed by atoms with Gasteiger partial charge >= 0.3 is 5.97 Å². The third-order valence-electron chi connectivity index (χ3n) is 4.72. The van der Waals surface area contributed by atoms with Crippen LogP contribution in [0.25, 0.3) is 0 Å². The van der Waals surface area contributed by atoms with E-state index in [2.05, 4.69) is 22.0 Å². The molecule has 3 rings (SSSR count). The number of fused-ring (bicyclic) bond motifs is 1. The summed E-state index contributed by atoms with van der Waals surface area (Å²) in [5, 5.41) is 17.6. The standard InChI is InChI=1S/C18H23N5O3/c1-4-9-21(3)14-7-5-13(6-8-14)17(24)23-11-16-20-19-12(2)22(16)10-15(23)18(25)26/h5-8,15H,4,9-11H2,1-3H3,(H,25,26). The number of aromatic nitrogens is 3. The Balaban J connectivity index is 1.84. The molecule has 1 aliphatic rings. The molecule has 2 aromatic rings. The fourth-order valence-corrected chi connectivity index (χ4v) is 3.23. The van der Waals surface area contributed by atoms with Gasteiger partial charge in [0.1, 0.15) is 11.9 Å². The maximum atomic E-state index is 12.9. The van der Waals surface area contributed by atoms with Crippen LogP contribution in [-0.2, 0) is 17.9 Å². The highest BCUT2D eigenvalue weighted by molar-refractivity contribution is 5.97. The number of hydrogen-bond donors (Lipinski definition) is 1. The molecule has 0 saturated heterocycles. The average molecular weight is 357 g/mol. The number of benzene rings is 1. The Bertz CT molecular complexity index is 815. The quantitative estimate of drug-likeness (QED) is 0.873. The molecule has 0 fully saturated rings. The summed E-state index contributed by atoms with van der Waals surface area (Å²) in [7, 11) is 2.00. The molecular weight excluding hydrogens is 334 g/mol. The second kappa shape index (κ2) is 7.15. The number of hydrogen-bond acceptors (Lipinski definition) is 5. The van der Waals surface area contributed by atoms with E-state index in [9.17, 15) is 14.7 Å². The van der Waals surface area contributed by atoms with Crippen molar-refractivity contribution in [2.45, 2.75) is 39.4 Å². The number of carbonyl (C=O) groups is 2. The molecule has 8 nitrogen and oxygen atoms in total. The van der Waals surface area contributed by atoms with Crippen molar-refractivity contribution in [2.24, 2.45) is 0 Å². The fraction of sp³-hybridized carbons (Fsp3) is 0.444. The van der Waals surface area contributed by atoms with Gasteiger partial charge in [0.2, 0.25) is 0 Å². The zero-order valence-corrected chi connectivity index (χ0v) is 15.2. The van der Waals surface area contributed by atoms with E-state index in [4.69, 9.17) is 0 Å². The predicted molar refractivity (Wildman–Crippen MR) is 96.1 cm³/mol. The molecule has 8 heteroatoms. The van der Waals surface area contributed by atoms with Crippen molar-refractivity contribution in [2.75, 3.05) is 18.5 Å². The molecule has 0 aliphatic carbocycles. The van der Waals surface area contributed by atoms with Crippen molar-refractivity contribution in [1.29, 1.82) is 0 Å². The van der Waals surface area contributed by atoms with E-state index in [0.29, 0.717) is 17.2 Å². The Morgan fingerprint density at radius 1 is 1.27 bits per heavy atom. The molecule has 26 heavy (non-hydrogen) atoms. The summed E-state index contributed by atoms with van der Waals surface area (Å²) in [4.78, 5) is 28.1. The largest absolute Gasteiger partial charge is 0.480 e.